The van der Waals surface area contributed by atoms with Gasteiger partial charge in [0.1, 0.15) is 29.2 Å². The zero-order valence-electron chi connectivity index (χ0n) is 10.5. The van der Waals surface area contributed by atoms with E-state index in [2.05, 4.69) is 0 Å². The number of aromatic hydroxyl groups is 1. The van der Waals surface area contributed by atoms with Gasteiger partial charge in [0.25, 0.3) is 0 Å². The topological polar surface area (TPSA) is 55.5 Å². The first kappa shape index (κ1) is 12.9. The Morgan fingerprint density at radius 1 is 1.10 bits per heavy atom. The fourth-order valence-corrected chi connectivity index (χ4v) is 2.46. The molecule has 0 spiro atoms. The monoisotopic (exact) mass is 277 g/mol. The summed E-state index contributed by atoms with van der Waals surface area (Å²) in [7, 11) is 0. The third-order valence-electron chi connectivity index (χ3n) is 3.39. The van der Waals surface area contributed by atoms with Crippen LogP contribution in [-0.2, 0) is 0 Å². The molecule has 1 aliphatic heterocycles. The van der Waals surface area contributed by atoms with Crippen molar-refractivity contribution in [2.75, 3.05) is 0 Å². The average molecular weight is 277 g/mol. The molecule has 0 radical (unpaired) electrons. The van der Waals surface area contributed by atoms with Crippen molar-refractivity contribution in [2.24, 2.45) is 5.73 Å². The lowest BCUT2D eigenvalue weighted by Crippen LogP contribution is -2.24. The Labute approximate surface area is 114 Å². The van der Waals surface area contributed by atoms with E-state index in [-0.39, 0.29) is 11.8 Å². The van der Waals surface area contributed by atoms with E-state index in [0.29, 0.717) is 17.7 Å². The number of halogens is 2. The second kappa shape index (κ2) is 4.76. The van der Waals surface area contributed by atoms with Crippen molar-refractivity contribution < 1.29 is 18.6 Å². The SMILES string of the molecule is N[C@H]1CC(c2cc(O)cc(F)c2)Oc2cc(F)ccc21. The Kier molecular flexibility index (Phi) is 3.06. The van der Waals surface area contributed by atoms with Crippen molar-refractivity contribution in [3.63, 3.8) is 0 Å². The minimum absolute atomic E-state index is 0.179. The zero-order valence-corrected chi connectivity index (χ0v) is 10.5. The molecule has 0 saturated heterocycles. The van der Waals surface area contributed by atoms with Crippen molar-refractivity contribution in [3.8, 4) is 11.5 Å². The Morgan fingerprint density at radius 3 is 2.65 bits per heavy atom. The molecule has 3 N–H and O–H groups in total. The van der Waals surface area contributed by atoms with Crippen molar-refractivity contribution in [1.29, 1.82) is 0 Å². The molecule has 2 atom stereocenters. The lowest BCUT2D eigenvalue weighted by molar-refractivity contribution is 0.160. The zero-order chi connectivity index (χ0) is 14.3. The average Bonchev–Trinajstić information content (AvgIpc) is 2.36. The molecule has 5 heteroatoms. The number of phenols is 1. The smallest absolute Gasteiger partial charge is 0.127 e. The predicted molar refractivity (Wildman–Crippen MR) is 69.4 cm³/mol. The molecule has 3 nitrogen and oxygen atoms in total. The first-order chi connectivity index (χ1) is 9.52. The molecule has 0 fully saturated rings. The van der Waals surface area contributed by atoms with Gasteiger partial charge in [0.15, 0.2) is 0 Å². The highest BCUT2D eigenvalue weighted by atomic mass is 19.1. The van der Waals surface area contributed by atoms with Gasteiger partial charge in [0.2, 0.25) is 0 Å². The Morgan fingerprint density at radius 2 is 1.90 bits per heavy atom. The summed E-state index contributed by atoms with van der Waals surface area (Å²) in [6.07, 6.45) is -0.0810. The van der Waals surface area contributed by atoms with Gasteiger partial charge in [-0.15, -0.1) is 0 Å². The van der Waals surface area contributed by atoms with Crippen LogP contribution in [0.25, 0.3) is 0 Å². The van der Waals surface area contributed by atoms with E-state index >= 15 is 0 Å². The van der Waals surface area contributed by atoms with Crippen LogP contribution in [0.15, 0.2) is 36.4 Å². The molecule has 0 aromatic heterocycles. The predicted octanol–water partition coefficient (Wildman–Crippen LogP) is 3.19. The fourth-order valence-electron chi connectivity index (χ4n) is 2.46. The molecule has 0 saturated carbocycles. The largest absolute Gasteiger partial charge is 0.508 e. The molecule has 1 unspecified atom stereocenters. The number of hydrogen-bond donors (Lipinski definition) is 2. The van der Waals surface area contributed by atoms with E-state index in [1.165, 1.54) is 24.3 Å². The Balaban J connectivity index is 1.98. The molecule has 1 heterocycles. The third-order valence-corrected chi connectivity index (χ3v) is 3.39. The number of nitrogens with two attached hydrogens (primary N) is 1. The van der Waals surface area contributed by atoms with Crippen molar-refractivity contribution in [1.82, 2.24) is 0 Å². The van der Waals surface area contributed by atoms with Crippen LogP contribution >= 0.6 is 0 Å². The molecule has 0 aliphatic carbocycles. The highest BCUT2D eigenvalue weighted by molar-refractivity contribution is 5.40. The maximum Gasteiger partial charge on any atom is 0.127 e. The van der Waals surface area contributed by atoms with Crippen molar-refractivity contribution in [2.45, 2.75) is 18.6 Å². The van der Waals surface area contributed by atoms with Crippen LogP contribution < -0.4 is 10.5 Å². The van der Waals surface area contributed by atoms with Crippen LogP contribution in [0.3, 0.4) is 0 Å². The summed E-state index contributed by atoms with van der Waals surface area (Å²) >= 11 is 0. The van der Waals surface area contributed by atoms with Gasteiger partial charge in [-0.2, -0.15) is 0 Å². The summed E-state index contributed by atoms with van der Waals surface area (Å²) in [6, 6.07) is 7.58. The summed E-state index contributed by atoms with van der Waals surface area (Å²) in [5.74, 6) is -0.791. The van der Waals surface area contributed by atoms with E-state index in [4.69, 9.17) is 10.5 Å². The molecule has 2 aromatic rings. The number of phenolic OH excluding ortho intramolecular Hbond substituents is 1. The number of hydrogen-bond acceptors (Lipinski definition) is 3. The third kappa shape index (κ3) is 2.32. The summed E-state index contributed by atoms with van der Waals surface area (Å²) in [4.78, 5) is 0. The first-order valence-corrected chi connectivity index (χ1v) is 6.24. The molecule has 2 aromatic carbocycles. The Bertz CT molecular complexity index is 640. The number of rotatable bonds is 1. The van der Waals surface area contributed by atoms with Gasteiger partial charge in [0.05, 0.1) is 0 Å². The highest BCUT2D eigenvalue weighted by Crippen LogP contribution is 2.40. The van der Waals surface area contributed by atoms with Gasteiger partial charge in [-0.25, -0.2) is 8.78 Å². The second-order valence-corrected chi connectivity index (χ2v) is 4.87. The van der Waals surface area contributed by atoms with Crippen LogP contribution in [0.1, 0.15) is 29.7 Å². The summed E-state index contributed by atoms with van der Waals surface area (Å²) < 4.78 is 32.3. The van der Waals surface area contributed by atoms with Crippen LogP contribution in [0, 0.1) is 11.6 Å². The highest BCUT2D eigenvalue weighted by Gasteiger charge is 2.28. The van der Waals surface area contributed by atoms with E-state index in [9.17, 15) is 13.9 Å². The van der Waals surface area contributed by atoms with Crippen LogP contribution in [-0.4, -0.2) is 5.11 Å². The molecule has 1 aliphatic rings. The lowest BCUT2D eigenvalue weighted by Gasteiger charge is -2.30. The minimum atomic E-state index is -0.554. The second-order valence-electron chi connectivity index (χ2n) is 4.87. The van der Waals surface area contributed by atoms with Gasteiger partial charge in [0, 0.05) is 30.2 Å². The van der Waals surface area contributed by atoms with Crippen molar-refractivity contribution in [3.05, 3.63) is 59.2 Å². The molecule has 0 bridgehead atoms. The first-order valence-electron chi connectivity index (χ1n) is 6.24. The quantitative estimate of drug-likeness (QED) is 0.841. The maximum atomic E-state index is 13.3. The number of fused-ring (bicyclic) bond motifs is 1. The van der Waals surface area contributed by atoms with E-state index in [0.717, 1.165) is 11.6 Å². The molecule has 104 valence electrons. The van der Waals surface area contributed by atoms with Crippen molar-refractivity contribution >= 4 is 0 Å². The maximum absolute atomic E-state index is 13.3. The van der Waals surface area contributed by atoms with Gasteiger partial charge in [-0.3, -0.25) is 0 Å². The van der Waals surface area contributed by atoms with Gasteiger partial charge in [-0.05, 0) is 23.8 Å². The molecule has 3 rings (SSSR count). The minimum Gasteiger partial charge on any atom is -0.508 e. The van der Waals surface area contributed by atoms with Crippen LogP contribution in [0.2, 0.25) is 0 Å². The standard InChI is InChI=1S/C15H13F2NO2/c16-9-1-2-12-13(18)7-14(20-15(12)6-9)8-3-10(17)5-11(19)4-8/h1-6,13-14,19H,7,18H2/t13-,14?/m0/s1. The van der Waals surface area contributed by atoms with E-state index < -0.39 is 17.7 Å². The molecule has 20 heavy (non-hydrogen) atoms. The lowest BCUT2D eigenvalue weighted by atomic mass is 9.93. The normalized spacial score (nSPS) is 21.1. The molecular formula is C15H13F2NO2. The van der Waals surface area contributed by atoms with Crippen LogP contribution in [0.5, 0.6) is 11.5 Å². The van der Waals surface area contributed by atoms with E-state index in [1.807, 2.05) is 0 Å². The summed E-state index contributed by atoms with van der Waals surface area (Å²) in [5, 5.41) is 9.44. The molecule has 0 amide bonds. The summed E-state index contributed by atoms with van der Waals surface area (Å²) in [5.41, 5.74) is 7.25. The van der Waals surface area contributed by atoms with Gasteiger partial charge >= 0.3 is 0 Å². The van der Waals surface area contributed by atoms with E-state index in [1.54, 1.807) is 6.07 Å². The number of benzene rings is 2. The van der Waals surface area contributed by atoms with Gasteiger partial charge in [-0.1, -0.05) is 6.07 Å². The van der Waals surface area contributed by atoms with Gasteiger partial charge < -0.3 is 15.6 Å². The fraction of sp³-hybridized carbons (Fsp3) is 0.200. The Hall–Kier alpha value is -2.14. The van der Waals surface area contributed by atoms with Crippen LogP contribution in [0.4, 0.5) is 8.78 Å². The number of ether oxygens (including phenoxy) is 1. The summed E-state index contributed by atoms with van der Waals surface area (Å²) in [6.45, 7) is 0. The molecular weight excluding hydrogens is 264 g/mol.